The summed E-state index contributed by atoms with van der Waals surface area (Å²) in [7, 11) is 0. The fourth-order valence-corrected chi connectivity index (χ4v) is 0. The van der Waals surface area contributed by atoms with Crippen molar-refractivity contribution >= 4 is 0 Å². The second-order valence-electron chi connectivity index (χ2n) is 0.0894. The number of rotatable bonds is 0. The molecule has 0 fully saturated rings. The first-order valence-electron chi connectivity index (χ1n) is 0.400. The van der Waals surface area contributed by atoms with E-state index in [1.54, 1.807) is 0 Å². The molecule has 0 atom stereocenters. The van der Waals surface area contributed by atoms with Crippen LogP contribution < -0.4 is 0 Å². The topological polar surface area (TPSA) is 58.7 Å². The van der Waals surface area contributed by atoms with Gasteiger partial charge in [0, 0.05) is 0 Å². The summed E-state index contributed by atoms with van der Waals surface area (Å²) < 4.78 is 0. The fraction of sp³-hybridized carbons (Fsp3) is 0. The standard InChI is InChI=1S/Ag.N3/c;1-3-2/q+1;-1. The average Bonchev–Trinajstić information content (AvgIpc) is 0.918. The summed E-state index contributed by atoms with van der Waals surface area (Å²) in [5, 5.41) is 0. The summed E-state index contributed by atoms with van der Waals surface area (Å²) >= 11 is 0. The fourth-order valence-electron chi connectivity index (χ4n) is 0. The van der Waals surface area contributed by atoms with E-state index in [0.717, 1.165) is 0 Å². The third kappa shape index (κ3) is 895. The molecular weight excluding hydrogens is 150 g/mol. The van der Waals surface area contributed by atoms with Gasteiger partial charge in [0.1, 0.15) is 0 Å². The molecule has 0 amide bonds. The molecule has 4 heteroatoms. The molecule has 0 rings (SSSR count). The van der Waals surface area contributed by atoms with Crippen LogP contribution in [-0.4, -0.2) is 0 Å². The molecule has 0 aliphatic rings. The van der Waals surface area contributed by atoms with Crippen molar-refractivity contribution in [1.82, 2.24) is 0 Å². The minimum Gasteiger partial charge on any atom is -0.373 e. The van der Waals surface area contributed by atoms with Gasteiger partial charge in [-0.1, -0.05) is 0 Å². The Morgan fingerprint density at radius 1 is 1.25 bits per heavy atom. The first-order valence-corrected chi connectivity index (χ1v) is 0.400. The van der Waals surface area contributed by atoms with Gasteiger partial charge in [-0.15, -0.1) is 0 Å². The van der Waals surface area contributed by atoms with Crippen LogP contribution in [0.5, 0.6) is 0 Å². The molecule has 0 saturated heterocycles. The van der Waals surface area contributed by atoms with Gasteiger partial charge < -0.3 is 11.1 Å². The van der Waals surface area contributed by atoms with Crippen LogP contribution in [0.15, 0.2) is 0 Å². The summed E-state index contributed by atoms with van der Waals surface area (Å²) in [4.78, 5) is 1.50. The summed E-state index contributed by atoms with van der Waals surface area (Å²) in [6, 6.07) is 0. The summed E-state index contributed by atoms with van der Waals surface area (Å²) in [5.74, 6) is 0. The van der Waals surface area contributed by atoms with Crippen molar-refractivity contribution in [2.75, 3.05) is 0 Å². The molecule has 4 heavy (non-hydrogen) atoms. The van der Waals surface area contributed by atoms with Crippen molar-refractivity contribution in [2.24, 2.45) is 0 Å². The average molecular weight is 150 g/mol. The summed E-state index contributed by atoms with van der Waals surface area (Å²) in [5.41, 5.74) is 13.5. The molecule has 0 radical (unpaired) electrons. The summed E-state index contributed by atoms with van der Waals surface area (Å²) in [6.07, 6.45) is 0. The molecule has 0 bridgehead atoms. The zero-order valence-corrected chi connectivity index (χ0v) is 3.13. The van der Waals surface area contributed by atoms with Gasteiger partial charge in [0.15, 0.2) is 0 Å². The van der Waals surface area contributed by atoms with E-state index in [4.69, 9.17) is 11.1 Å². The van der Waals surface area contributed by atoms with Crippen LogP contribution in [-0.2, 0) is 22.4 Å². The van der Waals surface area contributed by atoms with Gasteiger partial charge in [0.05, 0.1) is 0 Å². The minimum absolute atomic E-state index is 0. The van der Waals surface area contributed by atoms with Crippen LogP contribution in [0.25, 0.3) is 16.0 Å². The van der Waals surface area contributed by atoms with Crippen LogP contribution in [0.1, 0.15) is 0 Å². The van der Waals surface area contributed by atoms with Crippen LogP contribution in [0.4, 0.5) is 0 Å². The Balaban J connectivity index is 0. The van der Waals surface area contributed by atoms with E-state index in [0.29, 0.717) is 0 Å². The predicted molar refractivity (Wildman–Crippen MR) is 10.1 cm³/mol. The quantitative estimate of drug-likeness (QED) is 0.213. The van der Waals surface area contributed by atoms with Gasteiger partial charge in [0.25, 0.3) is 0 Å². The SMILES string of the molecule is [Ag+].[N-]=[N+]=[N-]. The third-order valence-corrected chi connectivity index (χ3v) is 0. The van der Waals surface area contributed by atoms with Gasteiger partial charge in [-0.2, -0.15) is 0 Å². The molecule has 0 unspecified atom stereocenters. The Labute approximate surface area is 38.9 Å². The van der Waals surface area contributed by atoms with Crippen molar-refractivity contribution in [1.29, 1.82) is 0 Å². The molecule has 0 spiro atoms. The maximum Gasteiger partial charge on any atom is 1.00 e. The van der Waals surface area contributed by atoms with Crippen molar-refractivity contribution in [3.63, 3.8) is 0 Å². The van der Waals surface area contributed by atoms with Crippen LogP contribution in [0, 0.1) is 0 Å². The Morgan fingerprint density at radius 3 is 1.25 bits per heavy atom. The Bertz CT molecular complexity index is 24.3. The van der Waals surface area contributed by atoms with E-state index < -0.39 is 0 Å². The van der Waals surface area contributed by atoms with Gasteiger partial charge in [-0.25, -0.2) is 0 Å². The molecule has 0 aromatic carbocycles. The van der Waals surface area contributed by atoms with E-state index in [-0.39, 0.29) is 22.4 Å². The molecule has 0 saturated carbocycles. The number of nitrogens with zero attached hydrogens (tertiary/aromatic N) is 3. The molecule has 0 aliphatic carbocycles. The smallest absolute Gasteiger partial charge is 0.373 e. The van der Waals surface area contributed by atoms with Gasteiger partial charge >= 0.3 is 22.4 Å². The van der Waals surface area contributed by atoms with Gasteiger partial charge in [0.2, 0.25) is 0 Å². The van der Waals surface area contributed by atoms with Crippen molar-refractivity contribution in [2.45, 2.75) is 0 Å². The van der Waals surface area contributed by atoms with E-state index in [1.807, 2.05) is 0 Å². The van der Waals surface area contributed by atoms with E-state index in [1.165, 1.54) is 4.91 Å². The van der Waals surface area contributed by atoms with Crippen LogP contribution in [0.3, 0.4) is 0 Å². The van der Waals surface area contributed by atoms with E-state index in [2.05, 4.69) is 0 Å². The predicted octanol–water partition coefficient (Wildman–Crippen LogP) is 0.864. The molecule has 3 nitrogen and oxygen atoms in total. The molecular formula is AgN3. The molecule has 0 aromatic heterocycles. The molecule has 0 aliphatic heterocycles. The number of hydrogen-bond acceptors (Lipinski definition) is 0. The van der Waals surface area contributed by atoms with Crippen molar-refractivity contribution in [3.8, 4) is 0 Å². The Morgan fingerprint density at radius 2 is 1.25 bits per heavy atom. The van der Waals surface area contributed by atoms with E-state index >= 15 is 0 Å². The van der Waals surface area contributed by atoms with Crippen molar-refractivity contribution in [3.05, 3.63) is 16.0 Å². The third-order valence-electron chi connectivity index (χ3n) is 0. The molecule has 0 heterocycles. The van der Waals surface area contributed by atoms with Crippen molar-refractivity contribution < 1.29 is 22.4 Å². The van der Waals surface area contributed by atoms with Crippen LogP contribution in [0.2, 0.25) is 0 Å². The zero-order valence-electron chi connectivity index (χ0n) is 1.64. The Hall–Kier alpha value is 0.0503. The Kier molecular flexibility index (Phi) is 26.1. The second-order valence-corrected chi connectivity index (χ2v) is 0.0894. The van der Waals surface area contributed by atoms with E-state index in [9.17, 15) is 0 Å². The van der Waals surface area contributed by atoms with Gasteiger partial charge in [-0.3, -0.25) is 4.91 Å². The van der Waals surface area contributed by atoms with Crippen LogP contribution >= 0.6 is 0 Å². The minimum atomic E-state index is 0. The zero-order chi connectivity index (χ0) is 2.71. The first-order chi connectivity index (χ1) is 1.41. The summed E-state index contributed by atoms with van der Waals surface area (Å²) in [6.45, 7) is 0. The first kappa shape index (κ1) is 8.96. The maximum atomic E-state index is 6.75. The maximum absolute atomic E-state index is 6.75. The normalized spacial score (nSPS) is 2.00. The number of hydrogen-bond donors (Lipinski definition) is 0. The molecule has 26 valence electrons. The molecule has 0 aromatic rings. The van der Waals surface area contributed by atoms with Gasteiger partial charge in [-0.05, 0) is 0 Å². The monoisotopic (exact) mass is 149 g/mol. The second kappa shape index (κ2) is 11.6. The largest absolute Gasteiger partial charge is 1.00 e. The molecule has 0 N–H and O–H groups in total.